The number of imidazole rings is 2. The largest absolute Gasteiger partial charge is 0.331 e. The minimum absolute atomic E-state index is 0.0386. The van der Waals surface area contributed by atoms with Gasteiger partial charge in [-0.3, -0.25) is 19.8 Å². The van der Waals surface area contributed by atoms with Crippen LogP contribution < -0.4 is 5.32 Å². The van der Waals surface area contributed by atoms with Gasteiger partial charge in [-0.15, -0.1) is 0 Å². The lowest BCUT2D eigenvalue weighted by Crippen LogP contribution is -2.51. The fraction of sp³-hybridized carbons (Fsp3) is 0.273. The number of aryl methyl sites for hydroxylation is 2. The molecule has 2 aliphatic carbocycles. The molecule has 0 radical (unpaired) electrons. The number of hydrogen-bond acceptors (Lipinski definition) is 8. The van der Waals surface area contributed by atoms with E-state index in [1.165, 1.54) is 39.0 Å². The van der Waals surface area contributed by atoms with Gasteiger partial charge < -0.3 is 24.3 Å². The van der Waals surface area contributed by atoms with E-state index in [4.69, 9.17) is 16.5 Å². The first-order valence-electron chi connectivity index (χ1n) is 23.7. The Morgan fingerprint density at radius 3 is 1.59 bits per heavy atom. The lowest BCUT2D eigenvalue weighted by Gasteiger charge is -2.39. The highest BCUT2D eigenvalue weighted by molar-refractivity contribution is 9.10. The summed E-state index contributed by atoms with van der Waals surface area (Å²) in [5, 5.41) is 2.97. The molecule has 354 valence electrons. The zero-order chi connectivity index (χ0) is 48.3. The summed E-state index contributed by atoms with van der Waals surface area (Å²) >= 11 is 7.32. The van der Waals surface area contributed by atoms with Gasteiger partial charge in [-0.2, -0.15) is 0 Å². The van der Waals surface area contributed by atoms with Crippen LogP contribution in [0.5, 0.6) is 0 Å². The quantitative estimate of drug-likeness (QED) is 0.157. The summed E-state index contributed by atoms with van der Waals surface area (Å²) in [5.74, 6) is 1.99. The average molecular weight is 1060 g/mol. The molecule has 0 saturated carbocycles. The van der Waals surface area contributed by atoms with Gasteiger partial charge in [-0.1, -0.05) is 60.7 Å². The number of anilines is 1. The zero-order valence-corrected chi connectivity index (χ0v) is 42.7. The summed E-state index contributed by atoms with van der Waals surface area (Å²) in [4.78, 5) is 44.5. The number of carbonyl (C=O) groups excluding carboxylic acids is 1. The summed E-state index contributed by atoms with van der Waals surface area (Å²) in [6, 6.07) is 28.7. The number of aromatic nitrogens is 6. The van der Waals surface area contributed by atoms with Crippen molar-refractivity contribution in [1.82, 2.24) is 48.7 Å². The molecule has 3 aromatic carbocycles. The summed E-state index contributed by atoms with van der Waals surface area (Å²) in [7, 11) is 2.20. The monoisotopic (exact) mass is 1060 g/mol. The van der Waals surface area contributed by atoms with Gasteiger partial charge in [0.05, 0.1) is 30.0 Å². The molecule has 0 spiro atoms. The lowest BCUT2D eigenvalue weighted by molar-refractivity contribution is 0.125. The number of fused-ring (bicyclic) bond motifs is 4. The topological polar surface area (TPSA) is 108 Å². The Bertz CT molecular complexity index is 3140. The number of amides is 2. The van der Waals surface area contributed by atoms with E-state index in [0.717, 1.165) is 83.4 Å². The molecule has 0 bridgehead atoms. The normalized spacial score (nSPS) is 18.0. The Balaban J connectivity index is 0.000000169. The first kappa shape index (κ1) is 47.2. The number of piperazine rings is 2. The summed E-state index contributed by atoms with van der Waals surface area (Å²) in [6.45, 7) is 19.6. The molecule has 4 aliphatic rings. The number of urea groups is 1. The van der Waals surface area contributed by atoms with Crippen LogP contribution in [0, 0.1) is 20.4 Å². The molecule has 2 saturated heterocycles. The molecule has 2 atom stereocenters. The number of likely N-dealkylation sites (N-methyl/N-ethyl adjacent to an activating group) is 1. The fourth-order valence-corrected chi connectivity index (χ4v) is 10.7. The fourth-order valence-electron chi connectivity index (χ4n) is 10.1. The minimum atomic E-state index is -0.126. The summed E-state index contributed by atoms with van der Waals surface area (Å²) in [6.07, 6.45) is 16.2. The van der Waals surface area contributed by atoms with Crippen molar-refractivity contribution in [3.63, 3.8) is 0 Å². The average Bonchev–Trinajstić information content (AvgIpc) is 3.91. The molecule has 2 amide bonds. The molecule has 1 N–H and O–H groups in total. The Hall–Kier alpha value is -6.54. The van der Waals surface area contributed by atoms with Crippen LogP contribution in [0.15, 0.2) is 131 Å². The van der Waals surface area contributed by atoms with E-state index in [-0.39, 0.29) is 18.1 Å². The van der Waals surface area contributed by atoms with Gasteiger partial charge in [-0.25, -0.2) is 19.6 Å². The number of halogens is 2. The third kappa shape index (κ3) is 10.1. The van der Waals surface area contributed by atoms with Gasteiger partial charge in [0.25, 0.3) is 0 Å². The number of hydrogen-bond donors (Lipinski definition) is 1. The van der Waals surface area contributed by atoms with Crippen LogP contribution in [0.2, 0.25) is 0 Å². The van der Waals surface area contributed by atoms with Crippen molar-refractivity contribution in [2.45, 2.75) is 39.0 Å². The Kier molecular flexibility index (Phi) is 14.0. The van der Waals surface area contributed by atoms with Crippen molar-refractivity contribution in [1.29, 1.82) is 0 Å². The first-order valence-corrected chi connectivity index (χ1v) is 25.2. The van der Waals surface area contributed by atoms with Crippen LogP contribution >= 0.6 is 31.9 Å². The minimum Gasteiger partial charge on any atom is -0.331 e. The molecule has 2 fully saturated rings. The second kappa shape index (κ2) is 20.8. The maximum atomic E-state index is 13.0. The smallest absolute Gasteiger partial charge is 0.321 e. The van der Waals surface area contributed by atoms with Crippen molar-refractivity contribution in [2.75, 3.05) is 64.7 Å². The Morgan fingerprint density at radius 2 is 1.13 bits per heavy atom. The number of benzene rings is 3. The van der Waals surface area contributed by atoms with E-state index in [1.807, 2.05) is 42.8 Å². The standard InChI is InChI=1S/C31H28BrN7O.C24H26BrN5/c1-21-34-11-12-39(21)20-23-17-22-5-3-4-6-27(22)30(29-28(23)18-24(32)19-35-29)37-13-15-38(16-14-37)31(40)36-26-9-7-25(33-2)8-10-26;1-17-26-7-8-30(17)16-19-13-18-5-3-4-6-21(18)24(29-11-9-28(2)10-12-29)23-22(19)14-20(25)15-27-23/h3-12,17-19,30H,13-16,20H2,1H3,(H,36,40);3-8,13-15,24H,9-12,16H2,1-2H3. The third-order valence-electron chi connectivity index (χ3n) is 13.9. The van der Waals surface area contributed by atoms with E-state index in [9.17, 15) is 4.79 Å². The Morgan fingerprint density at radius 1 is 0.657 bits per heavy atom. The molecule has 15 heteroatoms. The van der Waals surface area contributed by atoms with Gasteiger partial charge in [0, 0.05) is 128 Å². The second-order valence-corrected chi connectivity index (χ2v) is 20.1. The molecule has 2 aliphatic heterocycles. The van der Waals surface area contributed by atoms with Crippen molar-refractivity contribution in [3.05, 3.63) is 199 Å². The molecule has 7 aromatic rings. The maximum Gasteiger partial charge on any atom is 0.321 e. The Labute approximate surface area is 426 Å². The number of carbonyl (C=O) groups is 1. The van der Waals surface area contributed by atoms with Crippen LogP contribution in [0.25, 0.3) is 28.1 Å². The van der Waals surface area contributed by atoms with Gasteiger partial charge in [0.1, 0.15) is 11.6 Å². The van der Waals surface area contributed by atoms with E-state index >= 15 is 0 Å². The van der Waals surface area contributed by atoms with Gasteiger partial charge in [-0.05, 0) is 123 Å². The van der Waals surface area contributed by atoms with Crippen LogP contribution in [0.4, 0.5) is 16.2 Å². The summed E-state index contributed by atoms with van der Waals surface area (Å²) in [5.41, 5.74) is 13.2. The van der Waals surface area contributed by atoms with Gasteiger partial charge in [0.15, 0.2) is 5.69 Å². The highest BCUT2D eigenvalue weighted by atomic mass is 79.9. The van der Waals surface area contributed by atoms with E-state index in [1.54, 1.807) is 24.3 Å². The van der Waals surface area contributed by atoms with Crippen molar-refractivity contribution in [3.8, 4) is 0 Å². The molecular formula is C55H54Br2N12O. The second-order valence-electron chi connectivity index (χ2n) is 18.2. The predicted octanol–water partition coefficient (Wildman–Crippen LogP) is 10.6. The molecule has 4 aromatic heterocycles. The van der Waals surface area contributed by atoms with Crippen LogP contribution in [-0.4, -0.2) is 114 Å². The van der Waals surface area contributed by atoms with E-state index in [0.29, 0.717) is 31.0 Å². The van der Waals surface area contributed by atoms with Crippen LogP contribution in [-0.2, 0) is 13.1 Å². The van der Waals surface area contributed by atoms with Gasteiger partial charge >= 0.3 is 6.03 Å². The van der Waals surface area contributed by atoms with Crippen molar-refractivity contribution >= 4 is 72.6 Å². The first-order chi connectivity index (χ1) is 34.1. The van der Waals surface area contributed by atoms with Crippen molar-refractivity contribution in [2.24, 2.45) is 0 Å². The molecule has 2 unspecified atom stereocenters. The van der Waals surface area contributed by atoms with E-state index in [2.05, 4.69) is 169 Å². The number of nitrogens with zero attached hydrogens (tertiary/aromatic N) is 11. The number of rotatable bonds is 7. The molecule has 6 heterocycles. The predicted molar refractivity (Wildman–Crippen MR) is 284 cm³/mol. The third-order valence-corrected chi connectivity index (χ3v) is 14.7. The molecular weight excluding hydrogens is 1000 g/mol. The number of nitrogens with one attached hydrogen (secondary N) is 1. The van der Waals surface area contributed by atoms with Crippen LogP contribution in [0.3, 0.4) is 0 Å². The van der Waals surface area contributed by atoms with E-state index < -0.39 is 0 Å². The maximum absolute atomic E-state index is 13.0. The molecule has 11 rings (SSSR count). The number of pyridine rings is 2. The summed E-state index contributed by atoms with van der Waals surface area (Å²) < 4.78 is 6.31. The van der Waals surface area contributed by atoms with Crippen LogP contribution in [0.1, 0.15) is 68.5 Å². The van der Waals surface area contributed by atoms with Gasteiger partial charge in [0.2, 0.25) is 0 Å². The lowest BCUT2D eigenvalue weighted by atomic mass is 9.95. The van der Waals surface area contributed by atoms with Crippen molar-refractivity contribution < 1.29 is 4.79 Å². The molecule has 70 heavy (non-hydrogen) atoms. The highest BCUT2D eigenvalue weighted by Crippen LogP contribution is 2.42. The SMILES string of the molecule is Cc1nccn1CC1=Cc2ccccc2C(N2CCN(C)CC2)c2ncc(Br)cc21.[C-]#[N+]c1ccc(NC(=O)N2CCN(C3c4ccccc4C=C(Cn4ccnc4C)c4cc(Br)cnc43)CC2)cc1. The zero-order valence-electron chi connectivity index (χ0n) is 39.5. The number of allylic oxidation sites excluding steroid dienone is 2. The highest BCUT2D eigenvalue weighted by Gasteiger charge is 2.35. The molecule has 13 nitrogen and oxygen atoms in total.